The van der Waals surface area contributed by atoms with E-state index in [0.29, 0.717) is 17.5 Å². The van der Waals surface area contributed by atoms with E-state index in [0.717, 1.165) is 0 Å². The minimum Gasteiger partial charge on any atom is -0.507 e. The highest BCUT2D eigenvalue weighted by Crippen LogP contribution is 2.23. The second-order valence-electron chi connectivity index (χ2n) is 2.85. The van der Waals surface area contributed by atoms with E-state index in [9.17, 15) is 9.50 Å². The van der Waals surface area contributed by atoms with Crippen LogP contribution < -0.4 is 5.90 Å². The predicted octanol–water partition coefficient (Wildman–Crippen LogP) is 1.27. The molecule has 0 saturated heterocycles. The number of benzene rings is 1. The number of hydrogen-bond donors (Lipinski definition) is 2. The molecule has 1 aromatic carbocycles. The number of halogens is 1. The van der Waals surface area contributed by atoms with Crippen LogP contribution in [0.2, 0.25) is 0 Å². The molecule has 0 aliphatic heterocycles. The Hall–Kier alpha value is -1.13. The molecule has 0 amide bonds. The third-order valence-electron chi connectivity index (χ3n) is 1.83. The molecular weight excluding hydrogens is 173 g/mol. The van der Waals surface area contributed by atoms with Crippen LogP contribution in [0.4, 0.5) is 4.39 Å². The van der Waals surface area contributed by atoms with Crippen molar-refractivity contribution in [1.29, 1.82) is 0 Å². The van der Waals surface area contributed by atoms with Gasteiger partial charge in [-0.1, -0.05) is 0 Å². The summed E-state index contributed by atoms with van der Waals surface area (Å²) in [5.41, 5.74) is 1.04. The molecule has 0 aliphatic carbocycles. The fourth-order valence-corrected chi connectivity index (χ4v) is 1.16. The maximum atomic E-state index is 12.9. The van der Waals surface area contributed by atoms with Gasteiger partial charge in [0.2, 0.25) is 0 Å². The van der Waals surface area contributed by atoms with Gasteiger partial charge in [0, 0.05) is 6.42 Å². The van der Waals surface area contributed by atoms with Crippen molar-refractivity contribution in [3.8, 4) is 5.75 Å². The molecule has 0 atom stereocenters. The summed E-state index contributed by atoms with van der Waals surface area (Å²) in [5.74, 6) is 4.58. The molecule has 0 fully saturated rings. The Labute approximate surface area is 75.9 Å². The SMILES string of the molecule is Cc1cc(F)cc(CCON)c1O. The van der Waals surface area contributed by atoms with Crippen LogP contribution in [0.15, 0.2) is 12.1 Å². The summed E-state index contributed by atoms with van der Waals surface area (Å²) in [7, 11) is 0. The summed E-state index contributed by atoms with van der Waals surface area (Å²) in [6.45, 7) is 1.90. The van der Waals surface area contributed by atoms with Crippen LogP contribution in [0.3, 0.4) is 0 Å². The molecule has 0 saturated carbocycles. The van der Waals surface area contributed by atoms with E-state index in [2.05, 4.69) is 4.84 Å². The topological polar surface area (TPSA) is 55.5 Å². The summed E-state index contributed by atoms with van der Waals surface area (Å²) in [4.78, 5) is 4.35. The predicted molar refractivity (Wildman–Crippen MR) is 46.6 cm³/mol. The van der Waals surface area contributed by atoms with Gasteiger partial charge in [-0.25, -0.2) is 10.3 Å². The Balaban J connectivity index is 2.92. The summed E-state index contributed by atoms with van der Waals surface area (Å²) >= 11 is 0. The first-order chi connectivity index (χ1) is 6.15. The fraction of sp³-hybridized carbons (Fsp3) is 0.333. The molecule has 0 heterocycles. The maximum Gasteiger partial charge on any atom is 0.124 e. The lowest BCUT2D eigenvalue weighted by Gasteiger charge is -2.06. The average Bonchev–Trinajstić information content (AvgIpc) is 2.09. The zero-order valence-electron chi connectivity index (χ0n) is 7.38. The largest absolute Gasteiger partial charge is 0.507 e. The van der Waals surface area contributed by atoms with E-state index < -0.39 is 0 Å². The molecule has 4 heteroatoms. The molecule has 0 bridgehead atoms. The number of aromatic hydroxyl groups is 1. The zero-order chi connectivity index (χ0) is 9.84. The van der Waals surface area contributed by atoms with Gasteiger partial charge in [-0.15, -0.1) is 0 Å². The van der Waals surface area contributed by atoms with E-state index in [1.165, 1.54) is 12.1 Å². The van der Waals surface area contributed by atoms with Crippen molar-refractivity contribution in [2.45, 2.75) is 13.3 Å². The lowest BCUT2D eigenvalue weighted by molar-refractivity contribution is 0.140. The van der Waals surface area contributed by atoms with Crippen LogP contribution in [-0.4, -0.2) is 11.7 Å². The highest BCUT2D eigenvalue weighted by atomic mass is 19.1. The highest BCUT2D eigenvalue weighted by molar-refractivity contribution is 5.40. The Morgan fingerprint density at radius 3 is 2.85 bits per heavy atom. The average molecular weight is 185 g/mol. The number of rotatable bonds is 3. The van der Waals surface area contributed by atoms with Gasteiger partial charge in [-0.3, -0.25) is 0 Å². The van der Waals surface area contributed by atoms with E-state index >= 15 is 0 Å². The molecule has 0 aromatic heterocycles. The molecule has 0 aliphatic rings. The molecule has 0 spiro atoms. The molecule has 3 nitrogen and oxygen atoms in total. The number of hydrogen-bond acceptors (Lipinski definition) is 3. The van der Waals surface area contributed by atoms with Gasteiger partial charge < -0.3 is 9.94 Å². The summed E-state index contributed by atoms with van der Waals surface area (Å²) in [6.07, 6.45) is 0.404. The number of aryl methyl sites for hydroxylation is 1. The second kappa shape index (κ2) is 4.20. The monoisotopic (exact) mass is 185 g/mol. The van der Waals surface area contributed by atoms with Gasteiger partial charge >= 0.3 is 0 Å². The Kier molecular flexibility index (Phi) is 3.22. The summed E-state index contributed by atoms with van der Waals surface area (Å²) in [6, 6.07) is 2.56. The van der Waals surface area contributed by atoms with Crippen LogP contribution in [0, 0.1) is 12.7 Å². The first-order valence-corrected chi connectivity index (χ1v) is 3.95. The fourth-order valence-electron chi connectivity index (χ4n) is 1.16. The van der Waals surface area contributed by atoms with Crippen molar-refractivity contribution in [3.05, 3.63) is 29.1 Å². The van der Waals surface area contributed by atoms with Gasteiger partial charge in [0.05, 0.1) is 6.61 Å². The molecular formula is C9H12FNO2. The van der Waals surface area contributed by atoms with Crippen LogP contribution in [-0.2, 0) is 11.3 Å². The molecule has 3 N–H and O–H groups in total. The quantitative estimate of drug-likeness (QED) is 0.697. The van der Waals surface area contributed by atoms with Crippen LogP contribution >= 0.6 is 0 Å². The van der Waals surface area contributed by atoms with Gasteiger partial charge in [0.1, 0.15) is 11.6 Å². The van der Waals surface area contributed by atoms with Crippen LogP contribution in [0.1, 0.15) is 11.1 Å². The van der Waals surface area contributed by atoms with Crippen molar-refractivity contribution in [1.82, 2.24) is 0 Å². The Bertz CT molecular complexity index is 302. The third-order valence-corrected chi connectivity index (χ3v) is 1.83. The second-order valence-corrected chi connectivity index (χ2v) is 2.85. The Morgan fingerprint density at radius 2 is 2.23 bits per heavy atom. The summed E-state index contributed by atoms with van der Waals surface area (Å²) < 4.78 is 12.9. The van der Waals surface area contributed by atoms with Gasteiger partial charge in [0.25, 0.3) is 0 Å². The first kappa shape index (κ1) is 9.95. The molecule has 13 heavy (non-hydrogen) atoms. The molecule has 72 valence electrons. The van der Waals surface area contributed by atoms with Crippen molar-refractivity contribution >= 4 is 0 Å². The van der Waals surface area contributed by atoms with E-state index in [1.54, 1.807) is 6.92 Å². The van der Waals surface area contributed by atoms with Crippen LogP contribution in [0.5, 0.6) is 5.75 Å². The van der Waals surface area contributed by atoms with Gasteiger partial charge in [-0.05, 0) is 30.2 Å². The van der Waals surface area contributed by atoms with Crippen molar-refractivity contribution < 1.29 is 14.3 Å². The molecule has 0 unspecified atom stereocenters. The summed E-state index contributed by atoms with van der Waals surface area (Å²) in [5, 5.41) is 9.49. The van der Waals surface area contributed by atoms with Crippen molar-refractivity contribution in [3.63, 3.8) is 0 Å². The smallest absolute Gasteiger partial charge is 0.124 e. The normalized spacial score (nSPS) is 10.4. The van der Waals surface area contributed by atoms with E-state index in [4.69, 9.17) is 5.90 Å². The van der Waals surface area contributed by atoms with E-state index in [-0.39, 0.29) is 18.2 Å². The van der Waals surface area contributed by atoms with Crippen molar-refractivity contribution in [2.75, 3.05) is 6.61 Å². The van der Waals surface area contributed by atoms with Gasteiger partial charge in [-0.2, -0.15) is 0 Å². The lowest BCUT2D eigenvalue weighted by atomic mass is 10.1. The standard InChI is InChI=1S/C9H12FNO2/c1-6-4-8(10)5-7(9(6)12)2-3-13-11/h4-5,12H,2-3,11H2,1H3. The first-order valence-electron chi connectivity index (χ1n) is 3.95. The molecule has 1 aromatic rings. The number of nitrogens with two attached hydrogens (primary N) is 1. The minimum atomic E-state index is -0.359. The van der Waals surface area contributed by atoms with E-state index in [1.807, 2.05) is 0 Å². The lowest BCUT2D eigenvalue weighted by Crippen LogP contribution is -2.04. The zero-order valence-corrected chi connectivity index (χ0v) is 7.38. The molecule has 0 radical (unpaired) electrons. The third kappa shape index (κ3) is 2.40. The Morgan fingerprint density at radius 1 is 1.54 bits per heavy atom. The minimum absolute atomic E-state index is 0.110. The molecule has 1 rings (SSSR count). The number of phenols is 1. The highest BCUT2D eigenvalue weighted by Gasteiger charge is 2.06. The maximum absolute atomic E-state index is 12.9. The van der Waals surface area contributed by atoms with Crippen LogP contribution in [0.25, 0.3) is 0 Å². The number of phenolic OH excluding ortho intramolecular Hbond substituents is 1. The van der Waals surface area contributed by atoms with Gasteiger partial charge in [0.15, 0.2) is 0 Å². The van der Waals surface area contributed by atoms with Crippen molar-refractivity contribution in [2.24, 2.45) is 5.90 Å².